The monoisotopic (exact) mass is 280 g/mol. The molecule has 2 fully saturated rings. The fraction of sp³-hybridized carbons (Fsp3) is 0.941. The number of nitrogens with one attached hydrogen (secondary N) is 2. The molecule has 2 N–H and O–H groups in total. The Bertz CT molecular complexity index is 322. The zero-order chi connectivity index (χ0) is 14.8. The van der Waals surface area contributed by atoms with Crippen LogP contribution in [0.5, 0.6) is 0 Å². The summed E-state index contributed by atoms with van der Waals surface area (Å²) < 4.78 is 0. The van der Waals surface area contributed by atoms with Crippen LogP contribution in [0.15, 0.2) is 0 Å². The van der Waals surface area contributed by atoms with Gasteiger partial charge < -0.3 is 10.6 Å². The Labute approximate surface area is 124 Å². The van der Waals surface area contributed by atoms with E-state index in [-0.39, 0.29) is 11.8 Å². The molecular formula is C17H32N2O. The van der Waals surface area contributed by atoms with Crippen molar-refractivity contribution < 1.29 is 4.79 Å². The second kappa shape index (κ2) is 6.46. The van der Waals surface area contributed by atoms with Crippen LogP contribution in [-0.2, 0) is 4.79 Å². The van der Waals surface area contributed by atoms with Crippen molar-refractivity contribution in [3.63, 3.8) is 0 Å². The lowest BCUT2D eigenvalue weighted by Gasteiger charge is -2.37. The molecule has 1 aliphatic carbocycles. The highest BCUT2D eigenvalue weighted by Crippen LogP contribution is 2.39. The van der Waals surface area contributed by atoms with Gasteiger partial charge in [-0.25, -0.2) is 0 Å². The van der Waals surface area contributed by atoms with E-state index in [9.17, 15) is 4.79 Å². The van der Waals surface area contributed by atoms with E-state index >= 15 is 0 Å². The summed E-state index contributed by atoms with van der Waals surface area (Å²) in [5.41, 5.74) is 0.444. The second-order valence-electron chi connectivity index (χ2n) is 8.04. The Balaban J connectivity index is 1.67. The standard InChI is InChI=1S/C17H32N2O/c1-12(14-10-18-11-14)16(20)19-9-13-5-7-15(8-6-13)17(2,3)4/h12-15,18H,5-11H2,1-4H3,(H,19,20). The molecule has 1 atom stereocenters. The number of rotatable bonds is 4. The van der Waals surface area contributed by atoms with E-state index in [0.717, 1.165) is 25.6 Å². The van der Waals surface area contributed by atoms with Crippen LogP contribution in [0.2, 0.25) is 0 Å². The summed E-state index contributed by atoms with van der Waals surface area (Å²) in [6.07, 6.45) is 5.21. The first-order valence-electron chi connectivity index (χ1n) is 8.36. The molecule has 0 aromatic heterocycles. The number of carbonyl (C=O) groups excluding carboxylic acids is 1. The van der Waals surface area contributed by atoms with Gasteiger partial charge in [0.25, 0.3) is 0 Å². The molecule has 1 heterocycles. The number of hydrogen-bond donors (Lipinski definition) is 2. The highest BCUT2D eigenvalue weighted by molar-refractivity contribution is 5.78. The zero-order valence-electron chi connectivity index (χ0n) is 13.7. The fourth-order valence-corrected chi connectivity index (χ4v) is 3.52. The molecule has 1 saturated carbocycles. The summed E-state index contributed by atoms with van der Waals surface area (Å²) in [6, 6.07) is 0. The number of carbonyl (C=O) groups is 1. The molecule has 116 valence electrons. The molecule has 20 heavy (non-hydrogen) atoms. The van der Waals surface area contributed by atoms with Gasteiger partial charge in [0, 0.05) is 12.5 Å². The van der Waals surface area contributed by atoms with Crippen LogP contribution in [0.25, 0.3) is 0 Å². The maximum atomic E-state index is 12.1. The molecule has 1 saturated heterocycles. The molecule has 0 radical (unpaired) electrons. The molecule has 2 rings (SSSR count). The van der Waals surface area contributed by atoms with Crippen molar-refractivity contribution in [2.24, 2.45) is 29.1 Å². The Hall–Kier alpha value is -0.570. The maximum Gasteiger partial charge on any atom is 0.223 e. The Kier molecular flexibility index (Phi) is 5.11. The minimum atomic E-state index is 0.169. The van der Waals surface area contributed by atoms with Crippen LogP contribution in [-0.4, -0.2) is 25.5 Å². The van der Waals surface area contributed by atoms with Gasteiger partial charge in [0.15, 0.2) is 0 Å². The molecule has 0 aromatic carbocycles. The van der Waals surface area contributed by atoms with Gasteiger partial charge in [-0.1, -0.05) is 27.7 Å². The Morgan fingerprint density at radius 1 is 1.20 bits per heavy atom. The summed E-state index contributed by atoms with van der Waals surface area (Å²) in [7, 11) is 0. The van der Waals surface area contributed by atoms with E-state index in [2.05, 4.69) is 38.3 Å². The Morgan fingerprint density at radius 2 is 1.80 bits per heavy atom. The van der Waals surface area contributed by atoms with E-state index in [1.165, 1.54) is 25.7 Å². The first-order valence-corrected chi connectivity index (χ1v) is 8.36. The lowest BCUT2D eigenvalue weighted by Crippen LogP contribution is -2.50. The van der Waals surface area contributed by atoms with Gasteiger partial charge in [-0.15, -0.1) is 0 Å². The molecule has 1 unspecified atom stereocenters. The van der Waals surface area contributed by atoms with Crippen LogP contribution in [0.3, 0.4) is 0 Å². The third-order valence-corrected chi connectivity index (χ3v) is 5.57. The van der Waals surface area contributed by atoms with E-state index in [1.54, 1.807) is 0 Å². The van der Waals surface area contributed by atoms with Crippen LogP contribution < -0.4 is 10.6 Å². The van der Waals surface area contributed by atoms with Gasteiger partial charge in [0.2, 0.25) is 5.91 Å². The molecule has 0 aromatic rings. The summed E-state index contributed by atoms with van der Waals surface area (Å²) in [5.74, 6) is 2.53. The highest BCUT2D eigenvalue weighted by atomic mass is 16.1. The van der Waals surface area contributed by atoms with E-state index < -0.39 is 0 Å². The third-order valence-electron chi connectivity index (χ3n) is 5.57. The van der Waals surface area contributed by atoms with Gasteiger partial charge in [0.1, 0.15) is 0 Å². The van der Waals surface area contributed by atoms with Crippen LogP contribution >= 0.6 is 0 Å². The van der Waals surface area contributed by atoms with Crippen molar-refractivity contribution in [2.75, 3.05) is 19.6 Å². The second-order valence-corrected chi connectivity index (χ2v) is 8.04. The summed E-state index contributed by atoms with van der Waals surface area (Å²) in [6.45, 7) is 12.0. The van der Waals surface area contributed by atoms with Gasteiger partial charge in [0.05, 0.1) is 0 Å². The molecular weight excluding hydrogens is 248 g/mol. The van der Waals surface area contributed by atoms with Crippen LogP contribution in [0.4, 0.5) is 0 Å². The zero-order valence-corrected chi connectivity index (χ0v) is 13.7. The average Bonchev–Trinajstić information content (AvgIpc) is 2.33. The number of hydrogen-bond acceptors (Lipinski definition) is 2. The van der Waals surface area contributed by atoms with Gasteiger partial charge in [-0.05, 0) is 61.9 Å². The average molecular weight is 280 g/mol. The predicted octanol–water partition coefficient (Wildman–Crippen LogP) is 2.81. The minimum absolute atomic E-state index is 0.169. The largest absolute Gasteiger partial charge is 0.356 e. The van der Waals surface area contributed by atoms with E-state index in [1.807, 2.05) is 0 Å². The first kappa shape index (κ1) is 15.8. The predicted molar refractivity (Wildman–Crippen MR) is 83.4 cm³/mol. The maximum absolute atomic E-state index is 12.1. The van der Waals surface area contributed by atoms with E-state index in [0.29, 0.717) is 17.3 Å². The van der Waals surface area contributed by atoms with Crippen molar-refractivity contribution in [1.29, 1.82) is 0 Å². The molecule has 2 aliphatic rings. The minimum Gasteiger partial charge on any atom is -0.356 e. The highest BCUT2D eigenvalue weighted by Gasteiger charge is 2.31. The third kappa shape index (κ3) is 3.97. The van der Waals surface area contributed by atoms with Crippen molar-refractivity contribution in [3.8, 4) is 0 Å². The topological polar surface area (TPSA) is 41.1 Å². The normalized spacial score (nSPS) is 29.6. The fourth-order valence-electron chi connectivity index (χ4n) is 3.52. The molecule has 3 heteroatoms. The quantitative estimate of drug-likeness (QED) is 0.831. The summed E-state index contributed by atoms with van der Waals surface area (Å²) in [5, 5.41) is 6.43. The molecule has 0 spiro atoms. The summed E-state index contributed by atoms with van der Waals surface area (Å²) in [4.78, 5) is 12.1. The lowest BCUT2D eigenvalue weighted by molar-refractivity contribution is -0.127. The molecule has 1 aliphatic heterocycles. The van der Waals surface area contributed by atoms with Gasteiger partial charge in [-0.2, -0.15) is 0 Å². The van der Waals surface area contributed by atoms with Crippen LogP contribution in [0, 0.1) is 29.1 Å². The first-order chi connectivity index (χ1) is 9.38. The number of amides is 1. The lowest BCUT2D eigenvalue weighted by atomic mass is 9.70. The van der Waals surface area contributed by atoms with Gasteiger partial charge in [-0.3, -0.25) is 4.79 Å². The SMILES string of the molecule is CC(C(=O)NCC1CCC(C(C)(C)C)CC1)C1CNC1. The van der Waals surface area contributed by atoms with Crippen molar-refractivity contribution in [3.05, 3.63) is 0 Å². The van der Waals surface area contributed by atoms with Gasteiger partial charge >= 0.3 is 0 Å². The van der Waals surface area contributed by atoms with Crippen LogP contribution in [0.1, 0.15) is 53.4 Å². The molecule has 3 nitrogen and oxygen atoms in total. The molecule has 1 amide bonds. The molecule has 0 bridgehead atoms. The Morgan fingerprint density at radius 3 is 2.25 bits per heavy atom. The smallest absolute Gasteiger partial charge is 0.223 e. The van der Waals surface area contributed by atoms with Crippen molar-refractivity contribution in [1.82, 2.24) is 10.6 Å². The van der Waals surface area contributed by atoms with Crippen molar-refractivity contribution in [2.45, 2.75) is 53.4 Å². The van der Waals surface area contributed by atoms with E-state index in [4.69, 9.17) is 0 Å². The summed E-state index contributed by atoms with van der Waals surface area (Å²) >= 11 is 0. The van der Waals surface area contributed by atoms with Crippen molar-refractivity contribution >= 4 is 5.91 Å².